The molecule has 0 aliphatic carbocycles. The van der Waals surface area contributed by atoms with Crippen LogP contribution < -0.4 is 21.3 Å². The predicted molar refractivity (Wildman–Crippen MR) is 168 cm³/mol. The number of carbonyl (C=O) groups excluding carboxylic acids is 5. The van der Waals surface area contributed by atoms with Gasteiger partial charge in [0.25, 0.3) is 0 Å². The number of carbonyl (C=O) groups is 5. The van der Waals surface area contributed by atoms with Gasteiger partial charge in [0.15, 0.2) is 0 Å². The van der Waals surface area contributed by atoms with E-state index in [1.807, 2.05) is 74.5 Å². The van der Waals surface area contributed by atoms with Gasteiger partial charge < -0.3 is 35.6 Å². The Morgan fingerprint density at radius 1 is 0.889 bits per heavy atom. The van der Waals surface area contributed by atoms with Crippen molar-refractivity contribution in [2.45, 2.75) is 58.3 Å². The number of hydrogen-bond donors (Lipinski definition) is 4. The van der Waals surface area contributed by atoms with Crippen LogP contribution in [0.3, 0.4) is 0 Å². The Hall–Kier alpha value is -4.87. The monoisotopic (exact) mass is 621 g/mol. The summed E-state index contributed by atoms with van der Waals surface area (Å²) in [6.07, 6.45) is 2.38. The van der Waals surface area contributed by atoms with Crippen LogP contribution in [0, 0.1) is 5.92 Å². The molecule has 1 fully saturated rings. The van der Waals surface area contributed by atoms with Crippen LogP contribution in [0.15, 0.2) is 72.8 Å². The van der Waals surface area contributed by atoms with Crippen molar-refractivity contribution in [3.63, 3.8) is 0 Å². The fourth-order valence-corrected chi connectivity index (χ4v) is 4.69. The molecule has 0 bridgehead atoms. The number of nitrogens with one attached hydrogen (secondary N) is 4. The maximum Gasteiger partial charge on any atom is 0.408 e. The highest BCUT2D eigenvalue weighted by atomic mass is 16.5. The first-order valence-electron chi connectivity index (χ1n) is 15.1. The molecule has 45 heavy (non-hydrogen) atoms. The van der Waals surface area contributed by atoms with Crippen molar-refractivity contribution in [3.05, 3.63) is 83.9 Å². The maximum absolute atomic E-state index is 13.7. The summed E-state index contributed by atoms with van der Waals surface area (Å²) in [5.41, 5.74) is 1.60. The summed E-state index contributed by atoms with van der Waals surface area (Å²) in [6.45, 7) is 6.74. The van der Waals surface area contributed by atoms with Crippen molar-refractivity contribution in [2.24, 2.45) is 5.92 Å². The zero-order valence-electron chi connectivity index (χ0n) is 26.0. The van der Waals surface area contributed by atoms with Gasteiger partial charge in [-0.1, -0.05) is 80.6 Å². The molecule has 0 saturated carbocycles. The number of esters is 1. The van der Waals surface area contributed by atoms with E-state index in [0.717, 1.165) is 11.1 Å². The van der Waals surface area contributed by atoms with Crippen LogP contribution in [-0.4, -0.2) is 79.2 Å². The lowest BCUT2D eigenvalue weighted by Gasteiger charge is -2.27. The summed E-state index contributed by atoms with van der Waals surface area (Å²) < 4.78 is 10.3. The van der Waals surface area contributed by atoms with Gasteiger partial charge in [-0.3, -0.25) is 9.59 Å². The van der Waals surface area contributed by atoms with Crippen LogP contribution in [0.2, 0.25) is 0 Å². The van der Waals surface area contributed by atoms with Gasteiger partial charge in [0.05, 0.1) is 12.6 Å². The zero-order chi connectivity index (χ0) is 32.6. The molecule has 12 nitrogen and oxygen atoms in total. The van der Waals surface area contributed by atoms with Gasteiger partial charge in [-0.05, 0) is 30.4 Å². The van der Waals surface area contributed by atoms with Gasteiger partial charge in [0.1, 0.15) is 18.7 Å². The van der Waals surface area contributed by atoms with E-state index in [-0.39, 0.29) is 38.1 Å². The average molecular weight is 622 g/mol. The average Bonchev–Trinajstić information content (AvgIpc) is 3.42. The van der Waals surface area contributed by atoms with Crippen molar-refractivity contribution in [3.8, 4) is 0 Å². The molecular weight excluding hydrogens is 578 g/mol. The molecule has 0 radical (unpaired) electrons. The third-order valence-corrected chi connectivity index (χ3v) is 6.89. The van der Waals surface area contributed by atoms with Crippen LogP contribution in [0.4, 0.5) is 9.59 Å². The number of rotatable bonds is 16. The lowest BCUT2D eigenvalue weighted by molar-refractivity contribution is -0.137. The summed E-state index contributed by atoms with van der Waals surface area (Å²) >= 11 is 0. The third-order valence-electron chi connectivity index (χ3n) is 6.89. The number of benzene rings is 2. The first-order chi connectivity index (χ1) is 21.6. The highest BCUT2D eigenvalue weighted by Crippen LogP contribution is 2.10. The second-order valence-corrected chi connectivity index (χ2v) is 11.0. The van der Waals surface area contributed by atoms with E-state index < -0.39 is 42.0 Å². The van der Waals surface area contributed by atoms with Gasteiger partial charge >= 0.3 is 18.1 Å². The zero-order valence-corrected chi connectivity index (χ0v) is 26.0. The molecular formula is C33H43N5O7. The molecule has 1 saturated heterocycles. The Labute approximate surface area is 263 Å². The van der Waals surface area contributed by atoms with E-state index >= 15 is 0 Å². The van der Waals surface area contributed by atoms with Crippen LogP contribution in [-0.2, 0) is 36.9 Å². The molecule has 242 valence electrons. The lowest BCUT2D eigenvalue weighted by atomic mass is 10.0. The molecule has 1 aliphatic rings. The Morgan fingerprint density at radius 3 is 2.13 bits per heavy atom. The minimum Gasteiger partial charge on any atom is -0.463 e. The molecule has 1 heterocycles. The van der Waals surface area contributed by atoms with Gasteiger partial charge in [-0.2, -0.15) is 0 Å². The summed E-state index contributed by atoms with van der Waals surface area (Å²) in [7, 11) is 0. The fourth-order valence-electron chi connectivity index (χ4n) is 4.69. The summed E-state index contributed by atoms with van der Waals surface area (Å²) in [5.74, 6) is -1.62. The molecule has 4 N–H and O–H groups in total. The number of hydrogen-bond acceptors (Lipinski definition) is 7. The Morgan fingerprint density at radius 2 is 1.53 bits per heavy atom. The highest BCUT2D eigenvalue weighted by Gasteiger charge is 2.30. The van der Waals surface area contributed by atoms with Crippen LogP contribution in [0.25, 0.3) is 0 Å². The molecule has 0 aromatic heterocycles. The van der Waals surface area contributed by atoms with Crippen LogP contribution in [0.5, 0.6) is 0 Å². The van der Waals surface area contributed by atoms with Gasteiger partial charge in [0.2, 0.25) is 11.8 Å². The van der Waals surface area contributed by atoms with Crippen molar-refractivity contribution >= 4 is 29.9 Å². The van der Waals surface area contributed by atoms with E-state index in [4.69, 9.17) is 9.47 Å². The van der Waals surface area contributed by atoms with E-state index in [1.165, 1.54) is 17.1 Å². The van der Waals surface area contributed by atoms with E-state index in [2.05, 4.69) is 21.3 Å². The minimum atomic E-state index is -1.04. The van der Waals surface area contributed by atoms with E-state index in [1.54, 1.807) is 6.92 Å². The molecule has 3 atom stereocenters. The first kappa shape index (κ1) is 34.6. The molecule has 0 spiro atoms. The molecule has 2 aromatic rings. The fraction of sp³-hybridized carbons (Fsp3) is 0.424. The maximum atomic E-state index is 13.7. The number of nitrogens with zero attached hydrogens (tertiary/aromatic N) is 1. The summed E-state index contributed by atoms with van der Waals surface area (Å²) in [5, 5.41) is 11.0. The second-order valence-electron chi connectivity index (χ2n) is 11.0. The van der Waals surface area contributed by atoms with Gasteiger partial charge in [-0.15, -0.1) is 0 Å². The molecule has 1 aliphatic heterocycles. The quantitative estimate of drug-likeness (QED) is 0.166. The standard InChI is InChI=1S/C33H43N5O7/c1-4-44-29(39)16-15-26(21-38-18-17-34-32(38)42)35-30(40)28(20-24-11-7-5-8-12-24)36-31(41)27(19-23(2)3)37-33(43)45-22-25-13-9-6-10-14-25/h5-16,23,26-28H,4,17-22H2,1-3H3,(H,34,42)(H,35,40)(H,36,41)(H,37,43)/b16-15+/t26-,27-,28-/m0/s1. The number of ether oxygens (including phenoxy) is 2. The largest absolute Gasteiger partial charge is 0.463 e. The lowest BCUT2D eigenvalue weighted by Crippen LogP contribution is -2.56. The Balaban J connectivity index is 1.76. The second kappa shape index (κ2) is 18.1. The summed E-state index contributed by atoms with van der Waals surface area (Å²) in [6, 6.07) is 15.3. The van der Waals surface area contributed by atoms with E-state index in [9.17, 15) is 24.0 Å². The van der Waals surface area contributed by atoms with Gasteiger partial charge in [-0.25, -0.2) is 14.4 Å². The molecule has 0 unspecified atom stereocenters. The molecule has 2 aromatic carbocycles. The number of urea groups is 1. The predicted octanol–water partition coefficient (Wildman–Crippen LogP) is 2.68. The Bertz CT molecular complexity index is 1300. The van der Waals surface area contributed by atoms with Crippen molar-refractivity contribution in [1.29, 1.82) is 0 Å². The topological polar surface area (TPSA) is 155 Å². The minimum absolute atomic E-state index is 0.0392. The van der Waals surface area contributed by atoms with Crippen molar-refractivity contribution < 1.29 is 33.4 Å². The van der Waals surface area contributed by atoms with Crippen molar-refractivity contribution in [2.75, 3.05) is 26.2 Å². The normalized spacial score (nSPS) is 14.8. The van der Waals surface area contributed by atoms with Crippen molar-refractivity contribution in [1.82, 2.24) is 26.2 Å². The molecule has 3 rings (SSSR count). The molecule has 5 amide bonds. The Kier molecular flexibility index (Phi) is 13.9. The van der Waals surface area contributed by atoms with Crippen LogP contribution in [0.1, 0.15) is 38.3 Å². The first-order valence-corrected chi connectivity index (χ1v) is 15.1. The third kappa shape index (κ3) is 12.3. The number of alkyl carbamates (subject to hydrolysis) is 1. The van der Waals surface area contributed by atoms with Crippen LogP contribution >= 0.6 is 0 Å². The van der Waals surface area contributed by atoms with E-state index in [0.29, 0.717) is 19.5 Å². The molecule has 12 heteroatoms. The highest BCUT2D eigenvalue weighted by molar-refractivity contribution is 5.92. The van der Waals surface area contributed by atoms with Gasteiger partial charge in [0, 0.05) is 32.1 Å². The SMILES string of the molecule is CCOC(=O)/C=C/[C@@H](CN1CCNC1=O)NC(=O)[C@H](Cc1ccccc1)NC(=O)[C@H](CC(C)C)NC(=O)OCc1ccccc1. The summed E-state index contributed by atoms with van der Waals surface area (Å²) in [4.78, 5) is 65.7. The smallest absolute Gasteiger partial charge is 0.408 e. The number of amides is 5.